The van der Waals surface area contributed by atoms with Crippen LogP contribution in [0.3, 0.4) is 0 Å². The van der Waals surface area contributed by atoms with Crippen LogP contribution in [0.5, 0.6) is 0 Å². The molecule has 9 rings (SSSR count). The molecule has 6 heterocycles. The zero-order valence-electron chi connectivity index (χ0n) is 45.0. The maximum absolute atomic E-state index is 12.8. The van der Waals surface area contributed by atoms with E-state index in [-0.39, 0.29) is 85.6 Å². The summed E-state index contributed by atoms with van der Waals surface area (Å²) in [6.07, 6.45) is 2.93. The molecule has 2 unspecified atom stereocenters. The number of hydrogen-bond acceptors (Lipinski definition) is 14. The maximum Gasteiger partial charge on any atom is 1.00 e. The molecule has 0 saturated heterocycles. The summed E-state index contributed by atoms with van der Waals surface area (Å²) in [6.45, 7) is 13.4. The van der Waals surface area contributed by atoms with Crippen molar-refractivity contribution in [2.75, 3.05) is 61.9 Å². The molecule has 0 bridgehead atoms. The van der Waals surface area contributed by atoms with Crippen LogP contribution in [0.1, 0.15) is 73.0 Å². The molecule has 8 nitrogen and oxygen atoms in total. The third-order valence-corrected chi connectivity index (χ3v) is 16.5. The van der Waals surface area contributed by atoms with Gasteiger partial charge in [-0.1, -0.05) is 81.2 Å². The van der Waals surface area contributed by atoms with Gasteiger partial charge < -0.3 is 51.2 Å². The van der Waals surface area contributed by atoms with Gasteiger partial charge in [-0.3, -0.25) is 4.79 Å². The number of carbonyl (C=O) groups is 1. The molecule has 0 aliphatic carbocycles. The molecule has 0 saturated carbocycles. The van der Waals surface area contributed by atoms with E-state index in [0.717, 1.165) is 71.4 Å². The van der Waals surface area contributed by atoms with Gasteiger partial charge in [-0.15, -0.1) is 68.0 Å². The smallest absolute Gasteiger partial charge is 1.00 e. The van der Waals surface area contributed by atoms with Crippen molar-refractivity contribution in [3.05, 3.63) is 161 Å². The van der Waals surface area contributed by atoms with Crippen molar-refractivity contribution in [2.45, 2.75) is 64.3 Å². The quantitative estimate of drug-likeness (QED) is 0.0472. The van der Waals surface area contributed by atoms with Crippen molar-refractivity contribution in [3.8, 4) is 0 Å². The zero-order chi connectivity index (χ0) is 49.9. The van der Waals surface area contributed by atoms with Gasteiger partial charge in [-0.05, 0) is 103 Å². The molecule has 6 aromatic heterocycles. The number of thiazole rings is 3. The van der Waals surface area contributed by atoms with E-state index >= 15 is 0 Å². The first-order chi connectivity index (χ1) is 32.8. The summed E-state index contributed by atoms with van der Waals surface area (Å²) in [5.41, 5.74) is 10.2. The minimum atomic E-state index is -1.14. The summed E-state index contributed by atoms with van der Waals surface area (Å²) in [7, 11) is 11.4. The van der Waals surface area contributed by atoms with Crippen LogP contribution in [0.2, 0.25) is 19.6 Å². The summed E-state index contributed by atoms with van der Waals surface area (Å²) in [4.78, 5) is 36.3. The molecule has 73 heavy (non-hydrogen) atoms. The molecule has 0 fully saturated rings. The number of thiophene rings is 3. The Hall–Kier alpha value is -1.23. The summed E-state index contributed by atoms with van der Waals surface area (Å²) in [6, 6.07) is 25.2. The second-order valence-corrected chi connectivity index (χ2v) is 31.8. The summed E-state index contributed by atoms with van der Waals surface area (Å²) in [5, 5.41) is 20.7. The molecule has 0 aliphatic rings. The van der Waals surface area contributed by atoms with Gasteiger partial charge in [0.1, 0.15) is 18.7 Å². The van der Waals surface area contributed by atoms with E-state index in [4.69, 9.17) is 11.1 Å². The molecule has 0 amide bonds. The van der Waals surface area contributed by atoms with Gasteiger partial charge >= 0.3 is 48.4 Å². The van der Waals surface area contributed by atoms with Gasteiger partial charge in [0.2, 0.25) is 5.78 Å². The molecule has 2 atom stereocenters. The second kappa shape index (κ2) is 32.0. The summed E-state index contributed by atoms with van der Waals surface area (Å²) < 4.78 is 3.79. The number of aromatic nitrogens is 3. The van der Waals surface area contributed by atoms with Crippen molar-refractivity contribution >= 4 is 123 Å². The second-order valence-electron chi connectivity index (χ2n) is 18.7. The normalized spacial score (nSPS) is 12.3. The maximum atomic E-state index is 12.8. The van der Waals surface area contributed by atoms with Gasteiger partial charge in [0, 0.05) is 86.9 Å². The molecular formula is C54H68ClILiN6NaO2S6Si. The van der Waals surface area contributed by atoms with Crippen LogP contribution in [-0.4, -0.2) is 110 Å². The molecule has 19 heteroatoms. The predicted molar refractivity (Wildman–Crippen MR) is 314 cm³/mol. The average molecular weight is 1250 g/mol. The molecule has 9 aromatic rings. The molecule has 3 aromatic carbocycles. The third kappa shape index (κ3) is 19.3. The number of hydrogen-bond donors (Lipinski definition) is 1. The minimum absolute atomic E-state index is 0. The Morgan fingerprint density at radius 3 is 1.59 bits per heavy atom. The monoisotopic (exact) mass is 1240 g/mol. The van der Waals surface area contributed by atoms with E-state index in [1.54, 1.807) is 45.0 Å². The summed E-state index contributed by atoms with van der Waals surface area (Å²) >= 11 is 15.8. The van der Waals surface area contributed by atoms with E-state index in [0.29, 0.717) is 11.6 Å². The van der Waals surface area contributed by atoms with E-state index in [2.05, 4.69) is 152 Å². The first-order valence-corrected chi connectivity index (χ1v) is 32.7. The fourth-order valence-electron chi connectivity index (χ4n) is 7.70. The van der Waals surface area contributed by atoms with Crippen LogP contribution >= 0.6 is 79.1 Å². The summed E-state index contributed by atoms with van der Waals surface area (Å²) in [5.74, 6) is 0.409. The van der Waals surface area contributed by atoms with Gasteiger partial charge in [-0.2, -0.15) is 11.1 Å². The van der Waals surface area contributed by atoms with Crippen molar-refractivity contribution in [1.29, 1.82) is 0 Å². The number of halogens is 2. The van der Waals surface area contributed by atoms with Crippen molar-refractivity contribution in [1.82, 2.24) is 29.7 Å². The number of likely N-dealkylation sites (N-methyl/N-ethyl adjacent to an activating group) is 3. The van der Waals surface area contributed by atoms with E-state index in [9.17, 15) is 9.90 Å². The third-order valence-electron chi connectivity index (χ3n) is 11.0. The SMILES string of the molecule is CC(c1cscn1)c1c(CCN(C)C)sc2ccccc12.CN(C)CCc1sc2ccccc2c1C(=O)c1cscn1.CN(C)CCc1sc2ccccc2c1C(C)(O)c1cscn1.C[Si](C)(C)Cl.[CH3-].[I-].[Li+].[Na+]. The predicted octanol–water partition coefficient (Wildman–Crippen LogP) is 5.55. The van der Waals surface area contributed by atoms with Gasteiger partial charge in [0.25, 0.3) is 0 Å². The first-order valence-electron chi connectivity index (χ1n) is 22.9. The molecular weight excluding hydrogens is 1180 g/mol. The fraction of sp³-hybridized carbons (Fsp3) is 0.352. The Bertz CT molecular complexity index is 2990. The topological polar surface area (TPSA) is 85.7 Å². The standard InChI is InChI=1S/C17H20N2OS2.C17H20N2S2.C16H16N2OS2.C3H9ClSi.CH3.HI.Li.Na/c1-17(20,15-10-21-11-18-15)16-12-6-4-5-7-13(12)22-14(16)8-9-19(2)3;1-12(14-10-20-11-18-14)17-13-6-4-5-7-15(13)21-16(17)8-9-19(2)3;1-18(2)8-7-14-15(16(19)12-9-20-10-17-12)11-5-3-4-6-13(11)21-14;1-5(2,3)4;;;;/h4-7,10-11,20H,8-9H2,1-3H3;4-7,10-12H,8-9H2,1-3H3;3-6,9-10H,7-8H2,1-2H3;1-3H3;1H3;1H;;/q;;;;-1;;2*+1/p-1. The number of rotatable bonds is 15. The number of aliphatic hydroxyl groups is 1. The van der Waals surface area contributed by atoms with Gasteiger partial charge in [0.05, 0.1) is 27.9 Å². The molecule has 1 N–H and O–H groups in total. The van der Waals surface area contributed by atoms with Gasteiger partial charge in [0.15, 0.2) is 0 Å². The molecule has 0 radical (unpaired) electrons. The van der Waals surface area contributed by atoms with Crippen LogP contribution in [0.4, 0.5) is 0 Å². The van der Waals surface area contributed by atoms with Crippen LogP contribution in [0, 0.1) is 7.43 Å². The Kier molecular flexibility index (Phi) is 29.8. The number of ketones is 1. The van der Waals surface area contributed by atoms with Crippen molar-refractivity contribution in [2.24, 2.45) is 0 Å². The van der Waals surface area contributed by atoms with Gasteiger partial charge in [-0.25, -0.2) is 15.0 Å². The van der Waals surface area contributed by atoms with E-state index in [1.807, 2.05) is 58.8 Å². The van der Waals surface area contributed by atoms with Crippen molar-refractivity contribution in [3.63, 3.8) is 0 Å². The Balaban J connectivity index is 0.000000349. The van der Waals surface area contributed by atoms with Crippen LogP contribution in [-0.2, 0) is 24.9 Å². The Labute approximate surface area is 515 Å². The molecule has 0 aliphatic heterocycles. The fourth-order valence-corrected chi connectivity index (χ4v) is 13.3. The minimum Gasteiger partial charge on any atom is -1.00 e. The Morgan fingerprint density at radius 2 is 1.08 bits per heavy atom. The number of benzene rings is 3. The van der Waals surface area contributed by atoms with E-state index < -0.39 is 13.0 Å². The Morgan fingerprint density at radius 1 is 0.658 bits per heavy atom. The first kappa shape index (κ1) is 67.9. The van der Waals surface area contributed by atoms with Crippen LogP contribution in [0.15, 0.2) is 105 Å². The van der Waals surface area contributed by atoms with E-state index in [1.165, 1.54) is 63.2 Å². The van der Waals surface area contributed by atoms with Crippen LogP contribution in [0.25, 0.3) is 30.3 Å². The largest absolute Gasteiger partial charge is 1.00 e. The average Bonchev–Trinajstić information content (AvgIpc) is 4.17. The van der Waals surface area contributed by atoms with Crippen LogP contribution < -0.4 is 72.4 Å². The number of fused-ring (bicyclic) bond motifs is 3. The number of carbonyl (C=O) groups excluding carboxylic acids is 1. The number of nitrogens with zero attached hydrogens (tertiary/aromatic N) is 6. The van der Waals surface area contributed by atoms with Crippen molar-refractivity contribution < 1.29 is 82.3 Å². The molecule has 382 valence electrons. The zero-order valence-corrected chi connectivity index (χ0v) is 55.8. The molecule has 0 spiro atoms.